The minimum atomic E-state index is -3.45. The molecule has 0 aliphatic rings. The molecule has 0 saturated heterocycles. The maximum atomic E-state index is 11.7. The molecule has 18 heavy (non-hydrogen) atoms. The van der Waals surface area contributed by atoms with Gasteiger partial charge in [-0.15, -0.1) is 0 Å². The molecular formula is C12H19NO4S. The number of hydrogen-bond acceptors (Lipinski definition) is 4. The molecule has 0 aromatic heterocycles. The number of hydrogen-bond donors (Lipinski definition) is 2. The molecule has 0 saturated carbocycles. The van der Waals surface area contributed by atoms with Crippen molar-refractivity contribution in [3.8, 4) is 0 Å². The summed E-state index contributed by atoms with van der Waals surface area (Å²) >= 11 is 0. The van der Waals surface area contributed by atoms with Crippen LogP contribution in [-0.4, -0.2) is 39.1 Å². The Morgan fingerprint density at radius 1 is 1.33 bits per heavy atom. The molecule has 1 atom stereocenters. The van der Waals surface area contributed by atoms with Gasteiger partial charge in [-0.1, -0.05) is 30.3 Å². The van der Waals surface area contributed by atoms with Crippen molar-refractivity contribution in [1.29, 1.82) is 0 Å². The second-order valence-corrected chi connectivity index (χ2v) is 5.65. The second kappa shape index (κ2) is 7.48. The van der Waals surface area contributed by atoms with Crippen molar-refractivity contribution < 1.29 is 18.3 Å². The van der Waals surface area contributed by atoms with Crippen LogP contribution in [0.3, 0.4) is 0 Å². The van der Waals surface area contributed by atoms with Crippen LogP contribution in [0, 0.1) is 0 Å². The van der Waals surface area contributed by atoms with E-state index in [2.05, 4.69) is 4.72 Å². The first-order valence-electron chi connectivity index (χ1n) is 5.82. The van der Waals surface area contributed by atoms with E-state index in [0.717, 1.165) is 5.56 Å². The van der Waals surface area contributed by atoms with E-state index < -0.39 is 16.1 Å². The van der Waals surface area contributed by atoms with Gasteiger partial charge in [0, 0.05) is 6.61 Å². The van der Waals surface area contributed by atoms with Crippen molar-refractivity contribution in [1.82, 2.24) is 4.72 Å². The third-order valence-electron chi connectivity index (χ3n) is 2.41. The lowest BCUT2D eigenvalue weighted by molar-refractivity contribution is 0.163. The summed E-state index contributed by atoms with van der Waals surface area (Å²) in [6.45, 7) is 2.16. The van der Waals surface area contributed by atoms with E-state index in [4.69, 9.17) is 4.74 Å². The summed E-state index contributed by atoms with van der Waals surface area (Å²) in [5.41, 5.74) is 0.736. The highest BCUT2D eigenvalue weighted by Gasteiger charge is 2.18. The summed E-state index contributed by atoms with van der Waals surface area (Å²) in [5.74, 6) is -0.107. The van der Waals surface area contributed by atoms with Gasteiger partial charge in [-0.3, -0.25) is 0 Å². The van der Waals surface area contributed by atoms with Crippen LogP contribution in [0.1, 0.15) is 18.5 Å². The van der Waals surface area contributed by atoms with Crippen LogP contribution >= 0.6 is 0 Å². The van der Waals surface area contributed by atoms with Gasteiger partial charge in [-0.05, 0) is 12.5 Å². The quantitative estimate of drug-likeness (QED) is 0.683. The molecule has 6 heteroatoms. The van der Waals surface area contributed by atoms with Crippen molar-refractivity contribution in [3.63, 3.8) is 0 Å². The van der Waals surface area contributed by atoms with Crippen LogP contribution in [0.4, 0.5) is 0 Å². The SMILES string of the molecule is CCOCCS(=O)(=O)NC(CO)c1ccccc1. The van der Waals surface area contributed by atoms with E-state index in [1.54, 1.807) is 31.2 Å². The van der Waals surface area contributed by atoms with Crippen LogP contribution in [0.25, 0.3) is 0 Å². The second-order valence-electron chi connectivity index (χ2n) is 3.78. The normalized spacial score (nSPS) is 13.4. The average Bonchev–Trinajstić information content (AvgIpc) is 2.37. The first kappa shape index (κ1) is 15.1. The smallest absolute Gasteiger partial charge is 0.214 e. The lowest BCUT2D eigenvalue weighted by Gasteiger charge is -2.16. The maximum Gasteiger partial charge on any atom is 0.214 e. The Balaban J connectivity index is 2.63. The summed E-state index contributed by atoms with van der Waals surface area (Å²) in [7, 11) is -3.45. The fraction of sp³-hybridized carbons (Fsp3) is 0.500. The van der Waals surface area contributed by atoms with Gasteiger partial charge in [0.2, 0.25) is 10.0 Å². The molecule has 0 heterocycles. The Kier molecular flexibility index (Phi) is 6.28. The zero-order chi connectivity index (χ0) is 13.4. The maximum absolute atomic E-state index is 11.7. The number of ether oxygens (including phenoxy) is 1. The lowest BCUT2D eigenvalue weighted by Crippen LogP contribution is -2.33. The van der Waals surface area contributed by atoms with Gasteiger partial charge in [0.1, 0.15) is 0 Å². The van der Waals surface area contributed by atoms with Gasteiger partial charge in [-0.25, -0.2) is 13.1 Å². The number of rotatable bonds is 8. The third kappa shape index (κ3) is 5.14. The molecular weight excluding hydrogens is 254 g/mol. The van der Waals surface area contributed by atoms with Gasteiger partial charge in [0.25, 0.3) is 0 Å². The molecule has 1 rings (SSSR count). The van der Waals surface area contributed by atoms with E-state index in [1.807, 2.05) is 6.07 Å². The molecule has 0 amide bonds. The first-order valence-corrected chi connectivity index (χ1v) is 7.48. The zero-order valence-electron chi connectivity index (χ0n) is 10.4. The van der Waals surface area contributed by atoms with Crippen LogP contribution < -0.4 is 4.72 Å². The molecule has 1 unspecified atom stereocenters. The summed E-state index contributed by atoms with van der Waals surface area (Å²) < 4.78 is 31.0. The molecule has 5 nitrogen and oxygen atoms in total. The molecule has 0 bridgehead atoms. The Labute approximate surface area is 108 Å². The van der Waals surface area contributed by atoms with Crippen LogP contribution in [-0.2, 0) is 14.8 Å². The monoisotopic (exact) mass is 273 g/mol. The summed E-state index contributed by atoms with van der Waals surface area (Å²) in [6, 6.07) is 8.36. The lowest BCUT2D eigenvalue weighted by atomic mass is 10.1. The van der Waals surface area contributed by atoms with Crippen molar-refractivity contribution in [2.75, 3.05) is 25.6 Å². The van der Waals surface area contributed by atoms with Crippen LogP contribution in [0.5, 0.6) is 0 Å². The van der Waals surface area contributed by atoms with Gasteiger partial charge in [0.15, 0.2) is 0 Å². The van der Waals surface area contributed by atoms with E-state index in [9.17, 15) is 13.5 Å². The highest BCUT2D eigenvalue weighted by Crippen LogP contribution is 2.12. The molecule has 0 radical (unpaired) electrons. The molecule has 2 N–H and O–H groups in total. The molecule has 1 aromatic rings. The van der Waals surface area contributed by atoms with Crippen molar-refractivity contribution in [2.45, 2.75) is 13.0 Å². The predicted molar refractivity (Wildman–Crippen MR) is 69.7 cm³/mol. The Hall–Kier alpha value is -0.950. The Morgan fingerprint density at radius 3 is 2.56 bits per heavy atom. The number of benzene rings is 1. The van der Waals surface area contributed by atoms with Crippen LogP contribution in [0.2, 0.25) is 0 Å². The Morgan fingerprint density at radius 2 is 2.00 bits per heavy atom. The highest BCUT2D eigenvalue weighted by molar-refractivity contribution is 7.89. The number of aliphatic hydroxyl groups is 1. The predicted octanol–water partition coefficient (Wildman–Crippen LogP) is 0.676. The van der Waals surface area contributed by atoms with E-state index in [1.165, 1.54) is 0 Å². The van der Waals surface area contributed by atoms with E-state index >= 15 is 0 Å². The van der Waals surface area contributed by atoms with E-state index in [-0.39, 0.29) is 19.0 Å². The third-order valence-corrected chi connectivity index (χ3v) is 3.75. The average molecular weight is 273 g/mol. The van der Waals surface area contributed by atoms with Gasteiger partial charge < -0.3 is 9.84 Å². The molecule has 0 fully saturated rings. The Bertz CT molecular complexity index is 433. The van der Waals surface area contributed by atoms with Gasteiger partial charge >= 0.3 is 0 Å². The van der Waals surface area contributed by atoms with Gasteiger partial charge in [0.05, 0.1) is 25.0 Å². The number of sulfonamides is 1. The molecule has 0 aliphatic carbocycles. The van der Waals surface area contributed by atoms with Crippen LogP contribution in [0.15, 0.2) is 30.3 Å². The fourth-order valence-electron chi connectivity index (χ4n) is 1.48. The minimum Gasteiger partial charge on any atom is -0.394 e. The van der Waals surface area contributed by atoms with Crippen molar-refractivity contribution in [3.05, 3.63) is 35.9 Å². The first-order chi connectivity index (χ1) is 8.59. The van der Waals surface area contributed by atoms with Crippen molar-refractivity contribution in [2.24, 2.45) is 0 Å². The zero-order valence-corrected chi connectivity index (χ0v) is 11.2. The fourth-order valence-corrected chi connectivity index (χ4v) is 2.58. The molecule has 1 aromatic carbocycles. The number of aliphatic hydroxyl groups excluding tert-OH is 1. The highest BCUT2D eigenvalue weighted by atomic mass is 32.2. The summed E-state index contributed by atoms with van der Waals surface area (Å²) in [6.07, 6.45) is 0. The standard InChI is InChI=1S/C12H19NO4S/c1-2-17-8-9-18(15,16)13-12(10-14)11-6-4-3-5-7-11/h3-7,12-14H,2,8-10H2,1H3. The summed E-state index contributed by atoms with van der Waals surface area (Å²) in [5, 5.41) is 9.26. The molecule has 0 aliphatic heterocycles. The largest absolute Gasteiger partial charge is 0.394 e. The van der Waals surface area contributed by atoms with Gasteiger partial charge in [-0.2, -0.15) is 0 Å². The van der Waals surface area contributed by atoms with E-state index in [0.29, 0.717) is 6.61 Å². The topological polar surface area (TPSA) is 75.6 Å². The molecule has 0 spiro atoms. The summed E-state index contributed by atoms with van der Waals surface area (Å²) in [4.78, 5) is 0. The number of nitrogens with one attached hydrogen (secondary N) is 1. The van der Waals surface area contributed by atoms with Crippen molar-refractivity contribution >= 4 is 10.0 Å². The minimum absolute atomic E-state index is 0.107. The molecule has 102 valence electrons.